The lowest BCUT2D eigenvalue weighted by atomic mass is 9.97. The zero-order valence-electron chi connectivity index (χ0n) is 16.3. The molecule has 0 aliphatic carbocycles. The summed E-state index contributed by atoms with van der Waals surface area (Å²) in [7, 11) is 1.43. The van der Waals surface area contributed by atoms with E-state index in [1.807, 2.05) is 0 Å². The number of ether oxygens (including phenoxy) is 1. The third-order valence-electron chi connectivity index (χ3n) is 4.92. The van der Waals surface area contributed by atoms with Crippen LogP contribution in [-0.4, -0.2) is 28.9 Å². The average molecular weight is 455 g/mol. The number of pyridine rings is 1. The highest BCUT2D eigenvalue weighted by atomic mass is 35.5. The fourth-order valence-electron chi connectivity index (χ4n) is 3.55. The van der Waals surface area contributed by atoms with Crippen LogP contribution in [0.4, 0.5) is 5.69 Å². The molecule has 8 heteroatoms. The zero-order chi connectivity index (χ0) is 22.1. The topological polar surface area (TPSA) is 79.7 Å². The molecule has 1 unspecified atom stereocenters. The van der Waals surface area contributed by atoms with E-state index in [1.165, 1.54) is 18.1 Å². The van der Waals surface area contributed by atoms with Gasteiger partial charge in [-0.3, -0.25) is 19.5 Å². The first kappa shape index (κ1) is 20.9. The number of hydrogen-bond acceptors (Lipinski definition) is 5. The Balaban J connectivity index is 1.99. The molecule has 1 aromatic heterocycles. The number of nitrogens with zero attached hydrogens (tertiary/aromatic N) is 2. The second-order valence-corrected chi connectivity index (χ2v) is 7.62. The summed E-state index contributed by atoms with van der Waals surface area (Å²) in [6.07, 6.45) is 1.55. The molecule has 1 aliphatic heterocycles. The molecule has 2 heterocycles. The Morgan fingerprint density at radius 1 is 1.03 bits per heavy atom. The molecule has 156 valence electrons. The normalized spacial score (nSPS) is 17.8. The number of amides is 1. The minimum atomic E-state index is -0.969. The molecule has 6 nitrogen and oxygen atoms in total. The number of methoxy groups -OCH3 is 1. The standard InChI is InChI=1S/C23H16Cl2N2O4/c1-31-18-9-8-14(25)12-16(18)21(28)19-20(17-7-2-3-10-26-17)27(23(30)22(19)29)15-6-4-5-13(24)11-15/h2-12,20,28H,1H3/b21-19+. The summed E-state index contributed by atoms with van der Waals surface area (Å²) in [6.45, 7) is 0. The van der Waals surface area contributed by atoms with E-state index in [4.69, 9.17) is 27.9 Å². The molecule has 0 bridgehead atoms. The van der Waals surface area contributed by atoms with E-state index < -0.39 is 23.5 Å². The Bertz CT molecular complexity index is 1210. The molecule has 1 saturated heterocycles. The van der Waals surface area contributed by atoms with Crippen LogP contribution in [0.15, 0.2) is 72.4 Å². The number of aromatic nitrogens is 1. The molecule has 3 aromatic rings. The van der Waals surface area contributed by atoms with Crippen molar-refractivity contribution in [3.63, 3.8) is 0 Å². The first-order valence-electron chi connectivity index (χ1n) is 9.23. The van der Waals surface area contributed by atoms with Crippen LogP contribution >= 0.6 is 23.2 Å². The van der Waals surface area contributed by atoms with Gasteiger partial charge in [0.25, 0.3) is 11.7 Å². The van der Waals surface area contributed by atoms with Gasteiger partial charge in [0.2, 0.25) is 0 Å². The summed E-state index contributed by atoms with van der Waals surface area (Å²) in [4.78, 5) is 31.8. The minimum absolute atomic E-state index is 0.121. The number of carbonyl (C=O) groups excluding carboxylic acids is 2. The Morgan fingerprint density at radius 2 is 1.81 bits per heavy atom. The fourth-order valence-corrected chi connectivity index (χ4v) is 3.91. The van der Waals surface area contributed by atoms with Crippen LogP contribution in [-0.2, 0) is 9.59 Å². The van der Waals surface area contributed by atoms with Crippen molar-refractivity contribution in [2.45, 2.75) is 6.04 Å². The highest BCUT2D eigenvalue weighted by Crippen LogP contribution is 2.43. The molecule has 4 rings (SSSR count). The summed E-state index contributed by atoms with van der Waals surface area (Å²) in [6, 6.07) is 15.4. The number of Topliss-reactive ketones (excluding diaryl/α,β-unsaturated/α-hetero) is 1. The van der Waals surface area contributed by atoms with Gasteiger partial charge in [0.15, 0.2) is 0 Å². The van der Waals surface area contributed by atoms with Gasteiger partial charge in [-0.05, 0) is 48.5 Å². The van der Waals surface area contributed by atoms with Gasteiger partial charge in [-0.15, -0.1) is 0 Å². The van der Waals surface area contributed by atoms with Crippen molar-refractivity contribution in [1.29, 1.82) is 0 Å². The molecule has 2 aromatic carbocycles. The largest absolute Gasteiger partial charge is 0.507 e. The Kier molecular flexibility index (Phi) is 5.67. The van der Waals surface area contributed by atoms with Crippen LogP contribution in [0.25, 0.3) is 5.76 Å². The quantitative estimate of drug-likeness (QED) is 0.340. The first-order valence-corrected chi connectivity index (χ1v) is 9.99. The second-order valence-electron chi connectivity index (χ2n) is 6.75. The lowest BCUT2D eigenvalue weighted by molar-refractivity contribution is -0.132. The molecule has 1 atom stereocenters. The Hall–Kier alpha value is -3.35. The first-order chi connectivity index (χ1) is 14.9. The van der Waals surface area contributed by atoms with Crippen molar-refractivity contribution in [2.24, 2.45) is 0 Å². The van der Waals surface area contributed by atoms with E-state index in [0.717, 1.165) is 0 Å². The number of halogens is 2. The van der Waals surface area contributed by atoms with E-state index >= 15 is 0 Å². The van der Waals surface area contributed by atoms with E-state index in [2.05, 4.69) is 4.98 Å². The minimum Gasteiger partial charge on any atom is -0.507 e. The number of aliphatic hydroxyl groups is 1. The third kappa shape index (κ3) is 3.76. The van der Waals surface area contributed by atoms with Crippen molar-refractivity contribution in [1.82, 2.24) is 4.98 Å². The van der Waals surface area contributed by atoms with Crippen LogP contribution in [0.5, 0.6) is 5.75 Å². The number of carbonyl (C=O) groups is 2. The van der Waals surface area contributed by atoms with Gasteiger partial charge < -0.3 is 9.84 Å². The highest BCUT2D eigenvalue weighted by Gasteiger charge is 2.47. The lowest BCUT2D eigenvalue weighted by Crippen LogP contribution is -2.29. The van der Waals surface area contributed by atoms with E-state index in [0.29, 0.717) is 27.2 Å². The Morgan fingerprint density at radius 3 is 2.48 bits per heavy atom. The maximum absolute atomic E-state index is 13.1. The number of hydrogen-bond donors (Lipinski definition) is 1. The lowest BCUT2D eigenvalue weighted by Gasteiger charge is -2.24. The van der Waals surface area contributed by atoms with E-state index in [1.54, 1.807) is 60.8 Å². The molecule has 0 spiro atoms. The van der Waals surface area contributed by atoms with Crippen molar-refractivity contribution in [3.8, 4) is 5.75 Å². The summed E-state index contributed by atoms with van der Waals surface area (Å²) in [5.41, 5.74) is 0.885. The highest BCUT2D eigenvalue weighted by molar-refractivity contribution is 6.51. The van der Waals surface area contributed by atoms with E-state index in [9.17, 15) is 14.7 Å². The summed E-state index contributed by atoms with van der Waals surface area (Å²) < 4.78 is 5.32. The summed E-state index contributed by atoms with van der Waals surface area (Å²) in [5.74, 6) is -1.76. The predicted octanol–water partition coefficient (Wildman–Crippen LogP) is 5.02. The number of anilines is 1. The van der Waals surface area contributed by atoms with Gasteiger partial charge in [0, 0.05) is 21.9 Å². The van der Waals surface area contributed by atoms with Gasteiger partial charge in [-0.25, -0.2) is 0 Å². The van der Waals surface area contributed by atoms with Crippen LogP contribution in [0.2, 0.25) is 10.0 Å². The molecule has 31 heavy (non-hydrogen) atoms. The summed E-state index contributed by atoms with van der Waals surface area (Å²) in [5, 5.41) is 11.9. The second kappa shape index (κ2) is 8.41. The van der Waals surface area contributed by atoms with Gasteiger partial charge in [0.05, 0.1) is 23.9 Å². The van der Waals surface area contributed by atoms with Crippen LogP contribution < -0.4 is 9.64 Å². The fraction of sp³-hybridized carbons (Fsp3) is 0.0870. The molecule has 1 N–H and O–H groups in total. The van der Waals surface area contributed by atoms with Gasteiger partial charge in [-0.2, -0.15) is 0 Å². The van der Waals surface area contributed by atoms with E-state index in [-0.39, 0.29) is 11.1 Å². The summed E-state index contributed by atoms with van der Waals surface area (Å²) >= 11 is 12.2. The smallest absolute Gasteiger partial charge is 0.300 e. The molecule has 0 radical (unpaired) electrons. The zero-order valence-corrected chi connectivity index (χ0v) is 17.8. The molecule has 0 saturated carbocycles. The number of aliphatic hydroxyl groups excluding tert-OH is 1. The number of benzene rings is 2. The van der Waals surface area contributed by atoms with Crippen LogP contribution in [0, 0.1) is 0 Å². The molecular formula is C23H16Cl2N2O4. The maximum atomic E-state index is 13.1. The SMILES string of the molecule is COc1ccc(Cl)cc1/C(O)=C1\C(=O)C(=O)N(c2cccc(Cl)c2)C1c1ccccn1. The third-order valence-corrected chi connectivity index (χ3v) is 5.39. The number of rotatable bonds is 4. The molecule has 1 fully saturated rings. The molecule has 1 amide bonds. The van der Waals surface area contributed by atoms with Gasteiger partial charge in [-0.1, -0.05) is 35.3 Å². The van der Waals surface area contributed by atoms with Crippen molar-refractivity contribution in [2.75, 3.05) is 12.0 Å². The van der Waals surface area contributed by atoms with Crippen LogP contribution in [0.3, 0.4) is 0 Å². The predicted molar refractivity (Wildman–Crippen MR) is 118 cm³/mol. The Labute approximate surface area is 188 Å². The molecular weight excluding hydrogens is 439 g/mol. The molecule has 1 aliphatic rings. The van der Waals surface area contributed by atoms with Gasteiger partial charge >= 0.3 is 0 Å². The van der Waals surface area contributed by atoms with Gasteiger partial charge in [0.1, 0.15) is 17.6 Å². The average Bonchev–Trinajstić information content (AvgIpc) is 3.04. The van der Waals surface area contributed by atoms with Crippen molar-refractivity contribution < 1.29 is 19.4 Å². The number of ketones is 1. The maximum Gasteiger partial charge on any atom is 0.300 e. The monoisotopic (exact) mass is 454 g/mol. The van der Waals surface area contributed by atoms with Crippen molar-refractivity contribution >= 4 is 46.3 Å². The van der Waals surface area contributed by atoms with Crippen LogP contribution in [0.1, 0.15) is 17.3 Å². The van der Waals surface area contributed by atoms with Crippen molar-refractivity contribution in [3.05, 3.63) is 93.7 Å².